The predicted molar refractivity (Wildman–Crippen MR) is 71.4 cm³/mol. The number of rotatable bonds is 6. The Morgan fingerprint density at radius 1 is 1.47 bits per heavy atom. The summed E-state index contributed by atoms with van der Waals surface area (Å²) in [5.41, 5.74) is 2.00. The molecule has 0 aliphatic heterocycles. The molecule has 0 saturated heterocycles. The van der Waals surface area contributed by atoms with Gasteiger partial charge in [-0.1, -0.05) is 22.0 Å². The molecule has 0 aromatic heterocycles. The van der Waals surface area contributed by atoms with E-state index in [1.54, 1.807) is 6.92 Å². The Balaban J connectivity index is 2.71. The van der Waals surface area contributed by atoms with Gasteiger partial charge in [-0.2, -0.15) is 0 Å². The van der Waals surface area contributed by atoms with Crippen molar-refractivity contribution >= 4 is 31.7 Å². The van der Waals surface area contributed by atoms with Crippen LogP contribution in [0.2, 0.25) is 0 Å². The van der Waals surface area contributed by atoms with Crippen LogP contribution in [0.3, 0.4) is 0 Å². The van der Waals surface area contributed by atoms with Crippen LogP contribution in [0.1, 0.15) is 12.5 Å². The highest BCUT2D eigenvalue weighted by Gasteiger charge is 2.19. The van der Waals surface area contributed by atoms with Gasteiger partial charge in [-0.05, 0) is 19.1 Å². The lowest BCUT2D eigenvalue weighted by atomic mass is 10.2. The molecule has 1 rings (SSSR count). The minimum Gasteiger partial charge on any atom is -0.274 e. The predicted octanol–water partition coefficient (Wildman–Crippen LogP) is 1.57. The molecule has 106 valence electrons. The molecule has 1 aromatic carbocycles. The van der Waals surface area contributed by atoms with Crippen molar-refractivity contribution in [2.45, 2.75) is 12.7 Å². The third-order valence-electron chi connectivity index (χ3n) is 2.07. The van der Waals surface area contributed by atoms with Crippen LogP contribution in [0.4, 0.5) is 4.39 Å². The number of hydroxylamine groups is 1. The first-order valence-electron chi connectivity index (χ1n) is 5.39. The monoisotopic (exact) mass is 353 g/mol. The summed E-state index contributed by atoms with van der Waals surface area (Å²) in [5, 5.41) is 0. The summed E-state index contributed by atoms with van der Waals surface area (Å²) < 4.78 is 37.4. The van der Waals surface area contributed by atoms with Crippen LogP contribution in [0.15, 0.2) is 22.7 Å². The highest BCUT2D eigenvalue weighted by Crippen LogP contribution is 2.17. The average Bonchev–Trinajstić information content (AvgIpc) is 2.29. The first-order valence-corrected chi connectivity index (χ1v) is 8.00. The maximum Gasteiger partial charge on any atom is 0.258 e. The van der Waals surface area contributed by atoms with Gasteiger partial charge in [0.2, 0.25) is 0 Å². The molecule has 0 heterocycles. The molecule has 0 aliphatic rings. The first kappa shape index (κ1) is 16.1. The summed E-state index contributed by atoms with van der Waals surface area (Å²) >= 11 is 3.07. The van der Waals surface area contributed by atoms with Crippen LogP contribution in [0, 0.1) is 5.82 Å². The van der Waals surface area contributed by atoms with E-state index in [4.69, 9.17) is 0 Å². The molecule has 0 spiro atoms. The van der Waals surface area contributed by atoms with Crippen molar-refractivity contribution in [3.63, 3.8) is 0 Å². The van der Waals surface area contributed by atoms with Crippen molar-refractivity contribution in [1.82, 2.24) is 5.48 Å². The number of nitrogens with one attached hydrogen (secondary N) is 1. The van der Waals surface area contributed by atoms with Crippen molar-refractivity contribution in [3.05, 3.63) is 34.1 Å². The van der Waals surface area contributed by atoms with Crippen LogP contribution in [0.5, 0.6) is 0 Å². The topological polar surface area (TPSA) is 72.5 Å². The lowest BCUT2D eigenvalue weighted by molar-refractivity contribution is -0.130. The smallest absolute Gasteiger partial charge is 0.258 e. The first-order chi connectivity index (χ1) is 8.84. The SMILES string of the molecule is CCONC(=O)CS(=O)(=O)Cc1ccc(Br)cc1F. The summed E-state index contributed by atoms with van der Waals surface area (Å²) in [5.74, 6) is -2.70. The quantitative estimate of drug-likeness (QED) is 0.788. The molecule has 0 radical (unpaired) electrons. The number of sulfone groups is 1. The minimum absolute atomic E-state index is 0.0207. The van der Waals surface area contributed by atoms with Crippen molar-refractivity contribution in [2.75, 3.05) is 12.4 Å². The summed E-state index contributed by atoms with van der Waals surface area (Å²) in [7, 11) is -3.75. The normalized spacial score (nSPS) is 11.3. The van der Waals surface area contributed by atoms with Gasteiger partial charge in [0, 0.05) is 10.0 Å². The van der Waals surface area contributed by atoms with Gasteiger partial charge >= 0.3 is 0 Å². The molecule has 19 heavy (non-hydrogen) atoms. The molecule has 5 nitrogen and oxygen atoms in total. The molecule has 1 amide bonds. The van der Waals surface area contributed by atoms with Gasteiger partial charge in [-0.25, -0.2) is 18.3 Å². The zero-order valence-electron chi connectivity index (χ0n) is 10.2. The molecule has 0 aliphatic carbocycles. The van der Waals surface area contributed by atoms with E-state index in [1.165, 1.54) is 18.2 Å². The van der Waals surface area contributed by atoms with E-state index >= 15 is 0 Å². The lowest BCUT2D eigenvalue weighted by Gasteiger charge is -2.06. The van der Waals surface area contributed by atoms with E-state index in [0.29, 0.717) is 4.47 Å². The highest BCUT2D eigenvalue weighted by molar-refractivity contribution is 9.10. The van der Waals surface area contributed by atoms with E-state index in [1.807, 2.05) is 5.48 Å². The molecule has 8 heteroatoms. The van der Waals surface area contributed by atoms with Crippen molar-refractivity contribution in [2.24, 2.45) is 0 Å². The Labute approximate surface area is 119 Å². The third-order valence-corrected chi connectivity index (χ3v) is 4.02. The van der Waals surface area contributed by atoms with Crippen LogP contribution >= 0.6 is 15.9 Å². The molecular formula is C11H13BrFNO4S. The van der Waals surface area contributed by atoms with E-state index < -0.39 is 33.1 Å². The Hall–Kier alpha value is -0.990. The summed E-state index contributed by atoms with van der Waals surface area (Å²) in [4.78, 5) is 15.8. The lowest BCUT2D eigenvalue weighted by Crippen LogP contribution is -2.31. The van der Waals surface area contributed by atoms with Gasteiger partial charge in [0.15, 0.2) is 9.84 Å². The second-order valence-electron chi connectivity index (χ2n) is 3.73. The average molecular weight is 354 g/mol. The minimum atomic E-state index is -3.75. The number of hydrogen-bond acceptors (Lipinski definition) is 4. The molecule has 0 saturated carbocycles. The number of amides is 1. The molecule has 0 unspecified atom stereocenters. The van der Waals surface area contributed by atoms with E-state index in [0.717, 1.165) is 0 Å². The Morgan fingerprint density at radius 2 is 2.16 bits per heavy atom. The fourth-order valence-electron chi connectivity index (χ4n) is 1.31. The maximum atomic E-state index is 13.5. The summed E-state index contributed by atoms with van der Waals surface area (Å²) in [6.45, 7) is 1.87. The Bertz CT molecular complexity index is 562. The molecule has 0 atom stereocenters. The van der Waals surface area contributed by atoms with E-state index in [-0.39, 0.29) is 12.2 Å². The van der Waals surface area contributed by atoms with Gasteiger partial charge in [-0.15, -0.1) is 0 Å². The molecule has 1 aromatic rings. The van der Waals surface area contributed by atoms with Crippen molar-refractivity contribution in [1.29, 1.82) is 0 Å². The largest absolute Gasteiger partial charge is 0.274 e. The standard InChI is InChI=1S/C11H13BrFNO4S/c1-2-18-14-11(15)7-19(16,17)6-8-3-4-9(12)5-10(8)13/h3-5H,2,6-7H2,1H3,(H,14,15). The number of carbonyl (C=O) groups is 1. The van der Waals surface area contributed by atoms with Gasteiger partial charge in [0.05, 0.1) is 12.4 Å². The Morgan fingerprint density at radius 3 is 2.74 bits per heavy atom. The van der Waals surface area contributed by atoms with Gasteiger partial charge in [0.1, 0.15) is 11.6 Å². The van der Waals surface area contributed by atoms with Crippen molar-refractivity contribution < 1.29 is 22.4 Å². The molecule has 1 N–H and O–H groups in total. The van der Waals surface area contributed by atoms with Crippen molar-refractivity contribution in [3.8, 4) is 0 Å². The molecular weight excluding hydrogens is 341 g/mol. The number of carbonyl (C=O) groups excluding carboxylic acids is 1. The van der Waals surface area contributed by atoms with Gasteiger partial charge < -0.3 is 0 Å². The number of hydrogen-bond donors (Lipinski definition) is 1. The fraction of sp³-hybridized carbons (Fsp3) is 0.364. The second kappa shape index (κ2) is 6.97. The van der Waals surface area contributed by atoms with Crippen LogP contribution < -0.4 is 5.48 Å². The zero-order chi connectivity index (χ0) is 14.5. The van der Waals surface area contributed by atoms with Crippen LogP contribution in [-0.4, -0.2) is 26.7 Å². The fourth-order valence-corrected chi connectivity index (χ4v) is 2.91. The van der Waals surface area contributed by atoms with E-state index in [2.05, 4.69) is 20.8 Å². The van der Waals surface area contributed by atoms with E-state index in [9.17, 15) is 17.6 Å². The second-order valence-corrected chi connectivity index (χ2v) is 6.71. The summed E-state index contributed by atoms with van der Waals surface area (Å²) in [6, 6.07) is 4.07. The highest BCUT2D eigenvalue weighted by atomic mass is 79.9. The van der Waals surface area contributed by atoms with Gasteiger partial charge in [0.25, 0.3) is 5.91 Å². The molecule has 0 bridgehead atoms. The zero-order valence-corrected chi connectivity index (χ0v) is 12.6. The number of benzene rings is 1. The van der Waals surface area contributed by atoms with Crippen LogP contribution in [0.25, 0.3) is 0 Å². The molecule has 0 fully saturated rings. The number of halogens is 2. The van der Waals surface area contributed by atoms with Crippen LogP contribution in [-0.2, 0) is 25.2 Å². The van der Waals surface area contributed by atoms with Gasteiger partial charge in [-0.3, -0.25) is 9.63 Å². The Kier molecular flexibility index (Phi) is 5.89. The maximum absolute atomic E-state index is 13.5. The third kappa shape index (κ3) is 5.66. The summed E-state index contributed by atoms with van der Waals surface area (Å²) in [6.07, 6.45) is 0.